The van der Waals surface area contributed by atoms with Gasteiger partial charge in [-0.25, -0.2) is 13.8 Å². The highest BCUT2D eigenvalue weighted by molar-refractivity contribution is 6.19. The fourth-order valence-electron chi connectivity index (χ4n) is 4.61. The Kier molecular flexibility index (Phi) is 7.52. The van der Waals surface area contributed by atoms with E-state index in [-0.39, 0.29) is 34.8 Å². The van der Waals surface area contributed by atoms with Gasteiger partial charge in [-0.15, -0.1) is 0 Å². The zero-order valence-electron chi connectivity index (χ0n) is 21.0. The number of rotatable bonds is 9. The minimum absolute atomic E-state index is 0.00740. The number of methoxy groups -OCH3 is 1. The van der Waals surface area contributed by atoms with Crippen LogP contribution in [0.25, 0.3) is 11.0 Å². The summed E-state index contributed by atoms with van der Waals surface area (Å²) in [6, 6.07) is 9.62. The summed E-state index contributed by atoms with van der Waals surface area (Å²) in [6.45, 7) is 1.27. The zero-order valence-corrected chi connectivity index (χ0v) is 21.0. The molecule has 2 atom stereocenters. The molecule has 0 saturated carbocycles. The fraction of sp³-hybridized carbons (Fsp3) is 0.286. The number of nitrogens with one attached hydrogen (secondary N) is 3. The third kappa shape index (κ3) is 5.18. The Morgan fingerprint density at radius 3 is 2.68 bits per heavy atom. The Morgan fingerprint density at radius 1 is 1.13 bits per heavy atom. The van der Waals surface area contributed by atoms with E-state index in [1.807, 2.05) is 7.05 Å². The molecule has 1 aliphatic rings. The number of aromatic amines is 1. The van der Waals surface area contributed by atoms with E-state index in [4.69, 9.17) is 14.2 Å². The summed E-state index contributed by atoms with van der Waals surface area (Å²) in [5.74, 6) is -1.42. The lowest BCUT2D eigenvalue weighted by atomic mass is 10.0. The van der Waals surface area contributed by atoms with Crippen molar-refractivity contribution < 1.29 is 27.8 Å². The molecule has 0 unspecified atom stereocenters. The van der Waals surface area contributed by atoms with Gasteiger partial charge in [0.25, 0.3) is 0 Å². The first-order valence-corrected chi connectivity index (χ1v) is 12.3. The number of carbonyl (C=O) groups excluding carboxylic acids is 1. The van der Waals surface area contributed by atoms with Gasteiger partial charge in [0.2, 0.25) is 0 Å². The van der Waals surface area contributed by atoms with Crippen LogP contribution in [0.2, 0.25) is 0 Å². The van der Waals surface area contributed by atoms with Gasteiger partial charge in [-0.2, -0.15) is 0 Å². The molecule has 1 aliphatic heterocycles. The van der Waals surface area contributed by atoms with Crippen molar-refractivity contribution in [3.05, 3.63) is 77.6 Å². The lowest BCUT2D eigenvalue weighted by Gasteiger charge is -2.30. The van der Waals surface area contributed by atoms with Crippen LogP contribution in [0.4, 0.5) is 14.5 Å². The summed E-state index contributed by atoms with van der Waals surface area (Å²) in [7, 11) is 3.42. The first kappa shape index (κ1) is 25.6. The highest BCUT2D eigenvalue weighted by Gasteiger charge is 2.26. The van der Waals surface area contributed by atoms with Crippen molar-refractivity contribution in [3.63, 3.8) is 0 Å². The van der Waals surface area contributed by atoms with E-state index in [0.717, 1.165) is 25.5 Å². The van der Waals surface area contributed by atoms with Crippen molar-refractivity contribution >= 4 is 22.5 Å². The molecule has 0 bridgehead atoms. The molecule has 2 aromatic carbocycles. The largest absolute Gasteiger partial charge is 0.493 e. The van der Waals surface area contributed by atoms with E-state index in [2.05, 4.69) is 20.6 Å². The minimum Gasteiger partial charge on any atom is -0.493 e. The van der Waals surface area contributed by atoms with Crippen molar-refractivity contribution in [1.82, 2.24) is 15.3 Å². The Balaban J connectivity index is 1.44. The number of nitrogens with zero attached hydrogens (tertiary/aromatic N) is 1. The minimum atomic E-state index is -0.792. The molecule has 2 aromatic heterocycles. The number of ketones is 1. The number of likely N-dealkylation sites (N-methyl/N-ethyl adjacent to an activating group) is 1. The van der Waals surface area contributed by atoms with Crippen LogP contribution in [0.15, 0.2) is 54.9 Å². The second-order valence-corrected chi connectivity index (χ2v) is 9.06. The van der Waals surface area contributed by atoms with Crippen molar-refractivity contribution in [1.29, 1.82) is 0 Å². The zero-order chi connectivity index (χ0) is 26.6. The average Bonchev–Trinajstić information content (AvgIpc) is 3.36. The van der Waals surface area contributed by atoms with E-state index in [1.165, 1.54) is 43.6 Å². The number of aromatic nitrogens is 2. The Bertz CT molecular complexity index is 1450. The van der Waals surface area contributed by atoms with Crippen LogP contribution in [0, 0.1) is 11.6 Å². The number of hydrogen-bond donors (Lipinski definition) is 3. The Labute approximate surface area is 218 Å². The van der Waals surface area contributed by atoms with Crippen LogP contribution >= 0.6 is 0 Å². The molecule has 0 radical (unpaired) electrons. The second-order valence-electron chi connectivity index (χ2n) is 9.06. The van der Waals surface area contributed by atoms with Gasteiger partial charge in [0.15, 0.2) is 23.1 Å². The molecule has 0 spiro atoms. The normalized spacial score (nSPS) is 17.4. The predicted molar refractivity (Wildman–Crippen MR) is 139 cm³/mol. The van der Waals surface area contributed by atoms with Gasteiger partial charge in [0, 0.05) is 24.8 Å². The maximum Gasteiger partial charge on any atom is 0.198 e. The molecule has 0 amide bonds. The van der Waals surface area contributed by atoms with E-state index in [0.29, 0.717) is 29.1 Å². The van der Waals surface area contributed by atoms with Crippen molar-refractivity contribution in [2.75, 3.05) is 32.6 Å². The summed E-state index contributed by atoms with van der Waals surface area (Å²) >= 11 is 0. The van der Waals surface area contributed by atoms with Gasteiger partial charge in [0.05, 0.1) is 48.2 Å². The van der Waals surface area contributed by atoms with Crippen LogP contribution in [-0.4, -0.2) is 55.2 Å². The fourth-order valence-corrected chi connectivity index (χ4v) is 4.61. The topological polar surface area (TPSA) is 97.5 Å². The van der Waals surface area contributed by atoms with E-state index in [9.17, 15) is 9.18 Å². The molecule has 3 heterocycles. The number of ether oxygens (including phenoxy) is 3. The van der Waals surface area contributed by atoms with E-state index in [1.54, 1.807) is 12.3 Å². The van der Waals surface area contributed by atoms with Gasteiger partial charge < -0.3 is 29.8 Å². The maximum atomic E-state index is 15.1. The summed E-state index contributed by atoms with van der Waals surface area (Å²) in [4.78, 5) is 20.9. The number of anilines is 1. The van der Waals surface area contributed by atoms with Crippen molar-refractivity contribution in [2.45, 2.75) is 25.0 Å². The van der Waals surface area contributed by atoms with Crippen LogP contribution < -0.4 is 20.1 Å². The maximum absolute atomic E-state index is 15.1. The van der Waals surface area contributed by atoms with E-state index < -0.39 is 17.4 Å². The number of fused-ring (bicyclic) bond motifs is 1. The lowest BCUT2D eigenvalue weighted by molar-refractivity contribution is 0.0114. The molecular weight excluding hydrogens is 494 g/mol. The number of halogens is 2. The third-order valence-corrected chi connectivity index (χ3v) is 6.53. The van der Waals surface area contributed by atoms with Crippen LogP contribution in [0.1, 0.15) is 28.8 Å². The SMILES string of the molecule is CNC[C@@H]1CC[C@@H](Nc2c(OC)cnc3[nH]cc(C(=O)c4ccc(Oc5ccccc5F)cc4F)c23)CO1. The summed E-state index contributed by atoms with van der Waals surface area (Å²) < 4.78 is 46.0. The Hall–Kier alpha value is -4.02. The molecule has 1 saturated heterocycles. The van der Waals surface area contributed by atoms with Gasteiger partial charge in [-0.3, -0.25) is 4.79 Å². The molecule has 3 N–H and O–H groups in total. The van der Waals surface area contributed by atoms with Crippen molar-refractivity contribution in [2.24, 2.45) is 0 Å². The molecule has 198 valence electrons. The quantitative estimate of drug-likeness (QED) is 0.265. The Morgan fingerprint density at radius 2 is 1.97 bits per heavy atom. The molecule has 0 aliphatic carbocycles. The number of para-hydroxylation sites is 1. The number of carbonyl (C=O) groups is 1. The van der Waals surface area contributed by atoms with Gasteiger partial charge >= 0.3 is 0 Å². The first-order chi connectivity index (χ1) is 18.5. The molecule has 38 heavy (non-hydrogen) atoms. The number of benzene rings is 2. The molecule has 4 aromatic rings. The van der Waals surface area contributed by atoms with Gasteiger partial charge in [-0.05, 0) is 44.2 Å². The van der Waals surface area contributed by atoms with Gasteiger partial charge in [0.1, 0.15) is 17.2 Å². The molecule has 5 rings (SSSR count). The number of pyridine rings is 1. The second kappa shape index (κ2) is 11.2. The predicted octanol–water partition coefficient (Wildman–Crippen LogP) is 5.05. The van der Waals surface area contributed by atoms with Crippen LogP contribution in [0.5, 0.6) is 17.2 Å². The highest BCUT2D eigenvalue weighted by Crippen LogP contribution is 2.37. The first-order valence-electron chi connectivity index (χ1n) is 12.3. The summed E-state index contributed by atoms with van der Waals surface area (Å²) in [6.07, 6.45) is 4.97. The van der Waals surface area contributed by atoms with Crippen LogP contribution in [0.3, 0.4) is 0 Å². The third-order valence-electron chi connectivity index (χ3n) is 6.53. The van der Waals surface area contributed by atoms with Gasteiger partial charge in [-0.1, -0.05) is 12.1 Å². The monoisotopic (exact) mass is 522 g/mol. The molecule has 1 fully saturated rings. The lowest BCUT2D eigenvalue weighted by Crippen LogP contribution is -2.38. The molecule has 10 heteroatoms. The summed E-state index contributed by atoms with van der Waals surface area (Å²) in [5.41, 5.74) is 1.13. The smallest absolute Gasteiger partial charge is 0.198 e. The number of H-pyrrole nitrogens is 1. The van der Waals surface area contributed by atoms with Crippen LogP contribution in [-0.2, 0) is 4.74 Å². The van der Waals surface area contributed by atoms with Crippen molar-refractivity contribution in [3.8, 4) is 17.2 Å². The molecular formula is C28H28F2N4O4. The average molecular weight is 523 g/mol. The molecule has 8 nitrogen and oxygen atoms in total. The van der Waals surface area contributed by atoms with E-state index >= 15 is 4.39 Å². The highest BCUT2D eigenvalue weighted by atomic mass is 19.1. The summed E-state index contributed by atoms with van der Waals surface area (Å²) in [5, 5.41) is 7.09. The number of hydrogen-bond acceptors (Lipinski definition) is 7. The standard InChI is InChI=1S/C28H28F2N4O4/c1-31-12-18-8-7-16(15-37-18)34-26-24(36-2)14-33-28-25(26)20(13-32-28)27(35)19-10-9-17(11-22(19)30)38-23-6-4-3-5-21(23)29/h3-6,9-11,13-14,16,18,31H,7-8,12,15H2,1-2H3,(H2,32,33,34)/t16-,18+/m1/s1.